The zero-order chi connectivity index (χ0) is 24.3. The van der Waals surface area contributed by atoms with E-state index in [9.17, 15) is 19.5 Å². The number of hydrogen-bond donors (Lipinski definition) is 3. The second-order valence-corrected chi connectivity index (χ2v) is 12.3. The second-order valence-electron chi connectivity index (χ2n) is 10.3. The summed E-state index contributed by atoms with van der Waals surface area (Å²) in [7, 11) is 0.953. The molecule has 1 atom stereocenters. The van der Waals surface area contributed by atoms with Crippen molar-refractivity contribution in [2.24, 2.45) is 0 Å². The van der Waals surface area contributed by atoms with Crippen molar-refractivity contribution in [3.05, 3.63) is 24.3 Å². The molecule has 0 aliphatic rings. The van der Waals surface area contributed by atoms with Crippen molar-refractivity contribution in [1.29, 1.82) is 0 Å². The van der Waals surface area contributed by atoms with Crippen LogP contribution in [0.1, 0.15) is 110 Å². The van der Waals surface area contributed by atoms with Crippen molar-refractivity contribution in [2.75, 3.05) is 27.7 Å². The standard InChI is InChI=1S/C26H52NO4P/c1-5-6-7-8-9-10-11-12-13-14-15-16-17-18-19-20-21-22-23-24-26(28,32(29,30)31)25-27(2,3)4/h6-7,17-18,28H,5,8-16,19-25H2,1-4H3,(H-,29,30,31)/p+1/b7-6-,18-17-. The van der Waals surface area contributed by atoms with Gasteiger partial charge in [0, 0.05) is 0 Å². The Morgan fingerprint density at radius 2 is 1.06 bits per heavy atom. The van der Waals surface area contributed by atoms with Gasteiger partial charge in [-0.1, -0.05) is 76.2 Å². The van der Waals surface area contributed by atoms with Gasteiger partial charge in [0.25, 0.3) is 0 Å². The van der Waals surface area contributed by atoms with Crippen LogP contribution in [0.2, 0.25) is 0 Å². The van der Waals surface area contributed by atoms with Crippen molar-refractivity contribution in [2.45, 2.75) is 115 Å². The van der Waals surface area contributed by atoms with E-state index in [-0.39, 0.29) is 13.0 Å². The Morgan fingerprint density at radius 1 is 0.688 bits per heavy atom. The van der Waals surface area contributed by atoms with E-state index in [0.717, 1.165) is 32.1 Å². The highest BCUT2D eigenvalue weighted by molar-refractivity contribution is 7.53. The number of hydrogen-bond acceptors (Lipinski definition) is 2. The quantitative estimate of drug-likeness (QED) is 0.0729. The molecule has 5 nitrogen and oxygen atoms in total. The molecule has 3 N–H and O–H groups in total. The molecule has 1 unspecified atom stereocenters. The van der Waals surface area contributed by atoms with Gasteiger partial charge in [0.05, 0.1) is 21.1 Å². The van der Waals surface area contributed by atoms with E-state index in [1.54, 1.807) is 0 Å². The van der Waals surface area contributed by atoms with Gasteiger partial charge in [-0.3, -0.25) is 4.57 Å². The van der Waals surface area contributed by atoms with Gasteiger partial charge in [-0.2, -0.15) is 0 Å². The number of nitrogens with zero attached hydrogens (tertiary/aromatic N) is 1. The smallest absolute Gasteiger partial charge is 0.362 e. The highest BCUT2D eigenvalue weighted by Gasteiger charge is 2.48. The summed E-state index contributed by atoms with van der Waals surface area (Å²) in [5, 5.41) is 8.62. The normalized spacial score (nSPS) is 15.1. The van der Waals surface area contributed by atoms with Gasteiger partial charge in [0.2, 0.25) is 5.34 Å². The minimum Gasteiger partial charge on any atom is -0.373 e. The average molecular weight is 475 g/mol. The maximum atomic E-state index is 11.8. The van der Waals surface area contributed by atoms with Gasteiger partial charge in [-0.25, -0.2) is 0 Å². The highest BCUT2D eigenvalue weighted by Crippen LogP contribution is 2.52. The zero-order valence-electron chi connectivity index (χ0n) is 21.5. The van der Waals surface area contributed by atoms with Crippen LogP contribution in [0.4, 0.5) is 0 Å². The summed E-state index contributed by atoms with van der Waals surface area (Å²) in [5.74, 6) is 0. The first kappa shape index (κ1) is 31.6. The van der Waals surface area contributed by atoms with Crippen LogP contribution in [0.15, 0.2) is 24.3 Å². The molecule has 0 spiro atoms. The Hall–Kier alpha value is -0.450. The Kier molecular flexibility index (Phi) is 17.7. The predicted molar refractivity (Wildman–Crippen MR) is 138 cm³/mol. The summed E-state index contributed by atoms with van der Waals surface area (Å²) in [6.45, 7) is 2.24. The second kappa shape index (κ2) is 18.0. The summed E-state index contributed by atoms with van der Waals surface area (Å²) in [6.07, 6.45) is 27.0. The molecule has 0 aliphatic carbocycles. The van der Waals surface area contributed by atoms with Crippen molar-refractivity contribution >= 4 is 7.60 Å². The van der Waals surface area contributed by atoms with E-state index in [0.29, 0.717) is 10.9 Å². The molecule has 0 aromatic heterocycles. The van der Waals surface area contributed by atoms with Crippen LogP contribution >= 0.6 is 7.60 Å². The van der Waals surface area contributed by atoms with Crippen LogP contribution in [-0.4, -0.2) is 52.4 Å². The van der Waals surface area contributed by atoms with E-state index in [2.05, 4.69) is 31.2 Å². The number of allylic oxidation sites excluding steroid dienone is 4. The summed E-state index contributed by atoms with van der Waals surface area (Å²) < 4.78 is 12.1. The van der Waals surface area contributed by atoms with Gasteiger partial charge < -0.3 is 19.4 Å². The largest absolute Gasteiger partial charge is 0.373 e. The molecule has 6 heteroatoms. The Bertz CT molecular complexity index is 551. The van der Waals surface area contributed by atoms with E-state index in [1.807, 2.05) is 21.1 Å². The van der Waals surface area contributed by atoms with Crippen molar-refractivity contribution < 1.29 is 23.9 Å². The molecule has 0 amide bonds. The van der Waals surface area contributed by atoms with Gasteiger partial charge in [0.15, 0.2) is 0 Å². The summed E-state index contributed by atoms with van der Waals surface area (Å²) in [5.41, 5.74) is 0. The van der Waals surface area contributed by atoms with Crippen LogP contribution < -0.4 is 0 Å². The third-order valence-electron chi connectivity index (χ3n) is 5.78. The molecular formula is C26H53NO4P+. The fourth-order valence-corrected chi connectivity index (χ4v) is 5.09. The molecule has 190 valence electrons. The van der Waals surface area contributed by atoms with Crippen LogP contribution in [0.25, 0.3) is 0 Å². The van der Waals surface area contributed by atoms with Crippen molar-refractivity contribution in [3.8, 4) is 0 Å². The summed E-state index contributed by atoms with van der Waals surface area (Å²) in [6, 6.07) is 0. The summed E-state index contributed by atoms with van der Waals surface area (Å²) >= 11 is 0. The third-order valence-corrected chi connectivity index (χ3v) is 7.23. The minimum absolute atomic E-state index is 0.0522. The molecule has 32 heavy (non-hydrogen) atoms. The molecule has 0 bridgehead atoms. The van der Waals surface area contributed by atoms with Crippen LogP contribution in [0.5, 0.6) is 0 Å². The lowest BCUT2D eigenvalue weighted by molar-refractivity contribution is -0.875. The van der Waals surface area contributed by atoms with Gasteiger partial charge in [-0.15, -0.1) is 0 Å². The van der Waals surface area contributed by atoms with E-state index in [4.69, 9.17) is 0 Å². The predicted octanol–water partition coefficient (Wildman–Crippen LogP) is 6.93. The average Bonchev–Trinajstić information content (AvgIpc) is 2.67. The van der Waals surface area contributed by atoms with Crippen LogP contribution in [0, 0.1) is 0 Å². The van der Waals surface area contributed by atoms with Gasteiger partial charge in [0.1, 0.15) is 6.54 Å². The molecule has 0 fully saturated rings. The highest BCUT2D eigenvalue weighted by atomic mass is 31.2. The zero-order valence-corrected chi connectivity index (χ0v) is 22.4. The molecular weight excluding hydrogens is 421 g/mol. The first-order valence-electron chi connectivity index (χ1n) is 12.9. The maximum absolute atomic E-state index is 11.8. The first-order chi connectivity index (χ1) is 15.0. The monoisotopic (exact) mass is 474 g/mol. The number of aliphatic hydroxyl groups is 1. The third kappa shape index (κ3) is 18.0. The molecule has 0 aliphatic heterocycles. The molecule has 0 aromatic carbocycles. The number of rotatable bonds is 21. The van der Waals surface area contributed by atoms with Crippen LogP contribution in [-0.2, 0) is 4.57 Å². The van der Waals surface area contributed by atoms with Gasteiger partial charge in [-0.05, 0) is 57.8 Å². The minimum atomic E-state index is -4.55. The fraction of sp³-hybridized carbons (Fsp3) is 0.846. The van der Waals surface area contributed by atoms with Crippen molar-refractivity contribution in [1.82, 2.24) is 0 Å². The molecule has 0 rings (SSSR count). The lowest BCUT2D eigenvalue weighted by Crippen LogP contribution is -2.49. The van der Waals surface area contributed by atoms with Crippen molar-refractivity contribution in [3.63, 3.8) is 0 Å². The molecule has 0 heterocycles. The number of quaternary nitrogens is 1. The fourth-order valence-electron chi connectivity index (χ4n) is 4.03. The lowest BCUT2D eigenvalue weighted by atomic mass is 10.1. The molecule has 0 saturated heterocycles. The Morgan fingerprint density at radius 3 is 1.44 bits per heavy atom. The number of likely N-dealkylation sites (N-methyl/N-ethyl adjacent to an activating group) is 1. The summed E-state index contributed by atoms with van der Waals surface area (Å²) in [4.78, 5) is 19.2. The molecule has 0 radical (unpaired) electrons. The van der Waals surface area contributed by atoms with E-state index < -0.39 is 12.9 Å². The molecule has 0 saturated carbocycles. The van der Waals surface area contributed by atoms with Gasteiger partial charge >= 0.3 is 7.60 Å². The van der Waals surface area contributed by atoms with E-state index in [1.165, 1.54) is 57.8 Å². The number of unbranched alkanes of at least 4 members (excludes halogenated alkanes) is 12. The Balaban J connectivity index is 3.65. The Labute approximate surface area is 198 Å². The topological polar surface area (TPSA) is 77.8 Å². The lowest BCUT2D eigenvalue weighted by Gasteiger charge is -2.35. The molecule has 0 aromatic rings. The van der Waals surface area contributed by atoms with Crippen LogP contribution in [0.3, 0.4) is 0 Å². The SMILES string of the molecule is CC/C=C\CCCCCCCCC/C=C\CCCCCCC(O)(C[N+](C)(C)C)P(=O)(O)O. The first-order valence-corrected chi connectivity index (χ1v) is 14.5. The maximum Gasteiger partial charge on any atom is 0.362 e. The van der Waals surface area contributed by atoms with E-state index >= 15 is 0 Å².